The molecule has 2 unspecified atom stereocenters. The number of hydrogen-bond acceptors (Lipinski definition) is 3. The fourth-order valence-electron chi connectivity index (χ4n) is 1.74. The molecule has 0 aliphatic carbocycles. The van der Waals surface area contributed by atoms with E-state index in [1.54, 1.807) is 0 Å². The lowest BCUT2D eigenvalue weighted by Crippen LogP contribution is -2.36. The molecule has 1 N–H and O–H groups in total. The molecule has 2 nitrogen and oxygen atoms in total. The Kier molecular flexibility index (Phi) is 5.26. The van der Waals surface area contributed by atoms with Gasteiger partial charge in [0.1, 0.15) is 5.78 Å². The largest absolute Gasteiger partial charge is 0.304 e. The lowest BCUT2D eigenvalue weighted by atomic mass is 10.1. The van der Waals surface area contributed by atoms with Crippen LogP contribution in [0.1, 0.15) is 26.2 Å². The Balaban J connectivity index is 2.20. The van der Waals surface area contributed by atoms with Crippen molar-refractivity contribution in [3.05, 3.63) is 12.7 Å². The zero-order chi connectivity index (χ0) is 10.4. The summed E-state index contributed by atoms with van der Waals surface area (Å²) in [7, 11) is 0. The van der Waals surface area contributed by atoms with Crippen LogP contribution in [0.5, 0.6) is 0 Å². The number of Topliss-reactive ketones (excluding diaryl/α,β-unsaturated/α-hetero) is 1. The van der Waals surface area contributed by atoms with Gasteiger partial charge in [-0.05, 0) is 12.8 Å². The Hall–Kier alpha value is -0.280. The minimum absolute atomic E-state index is 0.134. The van der Waals surface area contributed by atoms with Crippen molar-refractivity contribution < 1.29 is 4.79 Å². The Morgan fingerprint density at radius 1 is 1.64 bits per heavy atom. The number of ketones is 1. The van der Waals surface area contributed by atoms with Crippen LogP contribution >= 0.6 is 11.8 Å². The average Bonchev–Trinajstić information content (AvgIpc) is 2.66. The van der Waals surface area contributed by atoms with Crippen molar-refractivity contribution in [1.82, 2.24) is 5.32 Å². The summed E-state index contributed by atoms with van der Waals surface area (Å²) in [5.74, 6) is 2.46. The number of carbonyl (C=O) groups excluding carboxylic acids is 1. The van der Waals surface area contributed by atoms with Crippen molar-refractivity contribution in [1.29, 1.82) is 0 Å². The highest BCUT2D eigenvalue weighted by Crippen LogP contribution is 2.17. The fourth-order valence-corrected chi connectivity index (χ4v) is 2.59. The molecule has 2 atom stereocenters. The lowest BCUT2D eigenvalue weighted by Gasteiger charge is -2.11. The van der Waals surface area contributed by atoms with E-state index in [1.165, 1.54) is 0 Å². The van der Waals surface area contributed by atoms with E-state index in [2.05, 4.69) is 11.9 Å². The summed E-state index contributed by atoms with van der Waals surface area (Å²) in [5, 5.41) is 3.40. The van der Waals surface area contributed by atoms with Crippen molar-refractivity contribution in [2.45, 2.75) is 38.3 Å². The van der Waals surface area contributed by atoms with Gasteiger partial charge < -0.3 is 5.32 Å². The first-order valence-electron chi connectivity index (χ1n) is 5.25. The van der Waals surface area contributed by atoms with Crippen LogP contribution in [0.25, 0.3) is 0 Å². The molecule has 1 aliphatic rings. The lowest BCUT2D eigenvalue weighted by molar-refractivity contribution is -0.120. The first-order valence-corrected chi connectivity index (χ1v) is 6.40. The Morgan fingerprint density at radius 3 is 3.07 bits per heavy atom. The van der Waals surface area contributed by atoms with E-state index >= 15 is 0 Å². The van der Waals surface area contributed by atoms with E-state index in [0.717, 1.165) is 24.3 Å². The standard InChI is InChI=1S/C11H19NOS/c1-3-7-14-8-9-5-6-10(12-9)11(13)4-2/h3,9-10,12H,1,4-8H2,2H3. The van der Waals surface area contributed by atoms with Crippen molar-refractivity contribution in [3.63, 3.8) is 0 Å². The van der Waals surface area contributed by atoms with Gasteiger partial charge in [0.05, 0.1) is 6.04 Å². The third kappa shape index (κ3) is 3.46. The van der Waals surface area contributed by atoms with Gasteiger partial charge in [-0.3, -0.25) is 4.79 Å². The first-order chi connectivity index (χ1) is 6.77. The SMILES string of the molecule is C=CCSCC1CCC(C(=O)CC)N1. The van der Waals surface area contributed by atoms with Gasteiger partial charge in [0.25, 0.3) is 0 Å². The zero-order valence-electron chi connectivity index (χ0n) is 8.79. The van der Waals surface area contributed by atoms with Crippen LogP contribution in [0, 0.1) is 0 Å². The summed E-state index contributed by atoms with van der Waals surface area (Å²) in [4.78, 5) is 11.4. The molecule has 0 bridgehead atoms. The molecule has 1 heterocycles. The van der Waals surface area contributed by atoms with Crippen molar-refractivity contribution in [2.24, 2.45) is 0 Å². The van der Waals surface area contributed by atoms with Crippen LogP contribution in [0.15, 0.2) is 12.7 Å². The molecule has 80 valence electrons. The summed E-state index contributed by atoms with van der Waals surface area (Å²) in [6, 6.07) is 0.662. The Morgan fingerprint density at radius 2 is 2.43 bits per heavy atom. The number of hydrogen-bond donors (Lipinski definition) is 1. The van der Waals surface area contributed by atoms with Crippen LogP contribution in [-0.2, 0) is 4.79 Å². The molecule has 0 aromatic heterocycles. The Labute approximate surface area is 90.5 Å². The van der Waals surface area contributed by atoms with Gasteiger partial charge in [0.15, 0.2) is 0 Å². The van der Waals surface area contributed by atoms with Gasteiger partial charge in [0.2, 0.25) is 0 Å². The number of carbonyl (C=O) groups is 1. The number of thioether (sulfide) groups is 1. The maximum Gasteiger partial charge on any atom is 0.149 e. The molecule has 0 radical (unpaired) electrons. The number of rotatable bonds is 6. The molecular weight excluding hydrogens is 194 g/mol. The summed E-state index contributed by atoms with van der Waals surface area (Å²) < 4.78 is 0. The summed E-state index contributed by atoms with van der Waals surface area (Å²) >= 11 is 1.88. The van der Waals surface area contributed by atoms with Crippen LogP contribution in [0.3, 0.4) is 0 Å². The van der Waals surface area contributed by atoms with E-state index in [9.17, 15) is 4.79 Å². The summed E-state index contributed by atoms with van der Waals surface area (Å²) in [5.41, 5.74) is 0. The van der Waals surface area contributed by atoms with Gasteiger partial charge in [-0.1, -0.05) is 13.0 Å². The average molecular weight is 213 g/mol. The van der Waals surface area contributed by atoms with Gasteiger partial charge >= 0.3 is 0 Å². The molecular formula is C11H19NOS. The highest BCUT2D eigenvalue weighted by atomic mass is 32.2. The second kappa shape index (κ2) is 6.25. The van der Waals surface area contributed by atoms with Gasteiger partial charge in [-0.25, -0.2) is 0 Å². The third-order valence-electron chi connectivity index (χ3n) is 2.53. The van der Waals surface area contributed by atoms with Crippen LogP contribution in [-0.4, -0.2) is 29.4 Å². The number of nitrogens with one attached hydrogen (secondary N) is 1. The fraction of sp³-hybridized carbons (Fsp3) is 0.727. The van der Waals surface area contributed by atoms with E-state index in [0.29, 0.717) is 18.2 Å². The molecule has 1 saturated heterocycles. The van der Waals surface area contributed by atoms with Crippen molar-refractivity contribution in [3.8, 4) is 0 Å². The predicted octanol–water partition coefficient (Wildman–Crippen LogP) is 2.01. The molecule has 0 saturated carbocycles. The van der Waals surface area contributed by atoms with Gasteiger partial charge in [0, 0.05) is 24.0 Å². The third-order valence-corrected chi connectivity index (χ3v) is 3.64. The normalized spacial score (nSPS) is 26.4. The van der Waals surface area contributed by atoms with E-state index in [4.69, 9.17) is 0 Å². The summed E-state index contributed by atoms with van der Waals surface area (Å²) in [6.07, 6.45) is 4.74. The first kappa shape index (κ1) is 11.8. The maximum atomic E-state index is 11.4. The molecule has 0 amide bonds. The molecule has 1 fully saturated rings. The quantitative estimate of drug-likeness (QED) is 0.540. The molecule has 0 aromatic carbocycles. The second-order valence-electron chi connectivity index (χ2n) is 3.64. The minimum atomic E-state index is 0.134. The molecule has 0 aromatic rings. The molecule has 0 spiro atoms. The molecule has 1 aliphatic heterocycles. The zero-order valence-corrected chi connectivity index (χ0v) is 9.61. The van der Waals surface area contributed by atoms with E-state index in [-0.39, 0.29) is 6.04 Å². The molecule has 1 rings (SSSR count). The second-order valence-corrected chi connectivity index (χ2v) is 4.71. The van der Waals surface area contributed by atoms with Crippen LogP contribution < -0.4 is 5.32 Å². The van der Waals surface area contributed by atoms with Gasteiger partial charge in [-0.2, -0.15) is 11.8 Å². The van der Waals surface area contributed by atoms with Gasteiger partial charge in [-0.15, -0.1) is 6.58 Å². The topological polar surface area (TPSA) is 29.1 Å². The molecule has 14 heavy (non-hydrogen) atoms. The Bertz CT molecular complexity index is 205. The van der Waals surface area contributed by atoms with E-state index < -0.39 is 0 Å². The smallest absolute Gasteiger partial charge is 0.149 e. The van der Waals surface area contributed by atoms with E-state index in [1.807, 2.05) is 24.8 Å². The van der Waals surface area contributed by atoms with Crippen LogP contribution in [0.2, 0.25) is 0 Å². The minimum Gasteiger partial charge on any atom is -0.304 e. The molecule has 3 heteroatoms. The monoisotopic (exact) mass is 213 g/mol. The highest BCUT2D eigenvalue weighted by Gasteiger charge is 2.27. The van der Waals surface area contributed by atoms with Crippen molar-refractivity contribution >= 4 is 17.5 Å². The van der Waals surface area contributed by atoms with Crippen molar-refractivity contribution in [2.75, 3.05) is 11.5 Å². The maximum absolute atomic E-state index is 11.4. The predicted molar refractivity (Wildman–Crippen MR) is 62.8 cm³/mol. The highest BCUT2D eigenvalue weighted by molar-refractivity contribution is 7.99. The summed E-state index contributed by atoms with van der Waals surface area (Å²) in [6.45, 7) is 5.62. The van der Waals surface area contributed by atoms with Crippen LogP contribution in [0.4, 0.5) is 0 Å².